The summed E-state index contributed by atoms with van der Waals surface area (Å²) in [6.45, 7) is 0. The Morgan fingerprint density at radius 1 is 1.41 bits per heavy atom. The van der Waals surface area contributed by atoms with Crippen LogP contribution in [0.3, 0.4) is 0 Å². The van der Waals surface area contributed by atoms with Crippen molar-refractivity contribution in [2.24, 2.45) is 5.73 Å². The Labute approximate surface area is 95.4 Å². The van der Waals surface area contributed by atoms with Gasteiger partial charge >= 0.3 is 0 Å². The zero-order chi connectivity index (χ0) is 12.4. The van der Waals surface area contributed by atoms with Gasteiger partial charge in [0, 0.05) is 29.5 Å². The fourth-order valence-corrected chi connectivity index (χ4v) is 1.48. The van der Waals surface area contributed by atoms with Crippen molar-refractivity contribution in [3.8, 4) is 11.3 Å². The fourth-order valence-electron chi connectivity index (χ4n) is 1.48. The summed E-state index contributed by atoms with van der Waals surface area (Å²) < 4.78 is 0. The maximum absolute atomic E-state index is 11.2. The van der Waals surface area contributed by atoms with Crippen molar-refractivity contribution < 1.29 is 9.72 Å². The van der Waals surface area contributed by atoms with E-state index in [9.17, 15) is 14.9 Å². The van der Waals surface area contributed by atoms with Crippen LogP contribution in [0.1, 0.15) is 10.4 Å². The Balaban J connectivity index is 2.64. The maximum Gasteiger partial charge on any atom is 0.270 e. The summed E-state index contributed by atoms with van der Waals surface area (Å²) in [5.74, 6) is -0.655. The van der Waals surface area contributed by atoms with Crippen LogP contribution >= 0.6 is 0 Å². The summed E-state index contributed by atoms with van der Waals surface area (Å²) in [4.78, 5) is 21.3. The van der Waals surface area contributed by atoms with Crippen molar-refractivity contribution >= 4 is 11.6 Å². The van der Waals surface area contributed by atoms with Gasteiger partial charge in [0.15, 0.2) is 0 Å². The van der Waals surface area contributed by atoms with Crippen LogP contribution in [0.15, 0.2) is 30.5 Å². The minimum Gasteiger partial charge on any atom is -0.366 e. The number of carbonyl (C=O) groups is 1. The molecule has 0 saturated heterocycles. The molecule has 0 atom stereocenters. The number of amides is 1. The summed E-state index contributed by atoms with van der Waals surface area (Å²) in [6, 6.07) is 5.43. The van der Waals surface area contributed by atoms with Gasteiger partial charge in [-0.2, -0.15) is 5.10 Å². The van der Waals surface area contributed by atoms with Crippen LogP contribution in [0.4, 0.5) is 5.69 Å². The van der Waals surface area contributed by atoms with Crippen LogP contribution in [0.2, 0.25) is 0 Å². The van der Waals surface area contributed by atoms with Crippen LogP contribution < -0.4 is 5.73 Å². The molecule has 17 heavy (non-hydrogen) atoms. The Morgan fingerprint density at radius 3 is 2.71 bits per heavy atom. The lowest BCUT2D eigenvalue weighted by Gasteiger charge is -2.03. The lowest BCUT2D eigenvalue weighted by Crippen LogP contribution is -2.12. The van der Waals surface area contributed by atoms with E-state index in [0.717, 1.165) is 0 Å². The van der Waals surface area contributed by atoms with Crippen molar-refractivity contribution in [3.05, 3.63) is 46.1 Å². The van der Waals surface area contributed by atoms with Gasteiger partial charge in [-0.3, -0.25) is 20.0 Å². The quantitative estimate of drug-likeness (QED) is 0.608. The van der Waals surface area contributed by atoms with E-state index in [0.29, 0.717) is 11.3 Å². The molecule has 0 saturated carbocycles. The van der Waals surface area contributed by atoms with Crippen molar-refractivity contribution in [3.63, 3.8) is 0 Å². The maximum atomic E-state index is 11.2. The molecule has 1 amide bonds. The third-order valence-corrected chi connectivity index (χ3v) is 2.26. The molecule has 1 aromatic heterocycles. The highest BCUT2D eigenvalue weighted by Crippen LogP contribution is 2.26. The molecule has 0 fully saturated rings. The Kier molecular flexibility index (Phi) is 2.57. The summed E-state index contributed by atoms with van der Waals surface area (Å²) in [6.07, 6.45) is 1.55. The number of primary amides is 1. The summed E-state index contributed by atoms with van der Waals surface area (Å²) >= 11 is 0. The molecule has 0 aliphatic carbocycles. The van der Waals surface area contributed by atoms with Gasteiger partial charge in [-0.25, -0.2) is 0 Å². The first-order valence-corrected chi connectivity index (χ1v) is 4.68. The van der Waals surface area contributed by atoms with Crippen molar-refractivity contribution in [2.75, 3.05) is 0 Å². The van der Waals surface area contributed by atoms with Gasteiger partial charge in [-0.05, 0) is 12.1 Å². The Bertz CT molecular complexity index is 577. The highest BCUT2D eigenvalue weighted by atomic mass is 16.6. The molecule has 0 radical (unpaired) electrons. The number of aromatic nitrogens is 2. The van der Waals surface area contributed by atoms with Crippen LogP contribution in [-0.4, -0.2) is 21.0 Å². The molecule has 2 rings (SSSR count). The summed E-state index contributed by atoms with van der Waals surface area (Å²) in [7, 11) is 0. The average Bonchev–Trinajstić information content (AvgIpc) is 2.81. The Hall–Kier alpha value is -2.70. The van der Waals surface area contributed by atoms with Gasteiger partial charge in [-0.1, -0.05) is 0 Å². The molecule has 0 spiro atoms. The molecular formula is C10H8N4O3. The predicted octanol–water partition coefficient (Wildman–Crippen LogP) is 1.08. The normalized spacial score (nSPS) is 10.1. The molecular weight excluding hydrogens is 224 g/mol. The van der Waals surface area contributed by atoms with Crippen molar-refractivity contribution in [1.82, 2.24) is 10.2 Å². The molecule has 3 N–H and O–H groups in total. The van der Waals surface area contributed by atoms with Gasteiger partial charge in [0.25, 0.3) is 5.69 Å². The number of nitrogens with one attached hydrogen (secondary N) is 1. The van der Waals surface area contributed by atoms with E-state index < -0.39 is 10.8 Å². The molecule has 0 unspecified atom stereocenters. The SMILES string of the molecule is NC(=O)c1ccc([N+](=O)[O-])cc1-c1cc[nH]n1. The number of nitro benzene ring substituents is 1. The second-order valence-electron chi connectivity index (χ2n) is 3.31. The van der Waals surface area contributed by atoms with Gasteiger partial charge in [0.05, 0.1) is 10.6 Å². The molecule has 0 aliphatic rings. The molecule has 7 nitrogen and oxygen atoms in total. The lowest BCUT2D eigenvalue weighted by molar-refractivity contribution is -0.384. The zero-order valence-electron chi connectivity index (χ0n) is 8.58. The molecule has 0 bridgehead atoms. The van der Waals surface area contributed by atoms with Crippen LogP contribution in [0.25, 0.3) is 11.3 Å². The standard InChI is InChI=1S/C10H8N4O3/c11-10(15)7-2-1-6(14(16)17)5-8(7)9-3-4-12-13-9/h1-5H,(H2,11,15)(H,12,13). The second-order valence-corrected chi connectivity index (χ2v) is 3.31. The average molecular weight is 232 g/mol. The number of nitrogens with two attached hydrogens (primary N) is 1. The van der Waals surface area contributed by atoms with E-state index in [1.165, 1.54) is 18.2 Å². The first kappa shape index (κ1) is 10.8. The number of benzene rings is 1. The van der Waals surface area contributed by atoms with E-state index >= 15 is 0 Å². The van der Waals surface area contributed by atoms with E-state index in [2.05, 4.69) is 10.2 Å². The van der Waals surface area contributed by atoms with E-state index in [4.69, 9.17) is 5.73 Å². The molecule has 0 aliphatic heterocycles. The van der Waals surface area contributed by atoms with E-state index in [1.807, 2.05) is 0 Å². The number of non-ortho nitro benzene ring substituents is 1. The van der Waals surface area contributed by atoms with E-state index in [-0.39, 0.29) is 11.3 Å². The number of H-pyrrole nitrogens is 1. The number of aromatic amines is 1. The molecule has 1 heterocycles. The Morgan fingerprint density at radius 2 is 2.18 bits per heavy atom. The molecule has 7 heteroatoms. The molecule has 2 aromatic rings. The first-order valence-electron chi connectivity index (χ1n) is 4.68. The fraction of sp³-hybridized carbons (Fsp3) is 0. The minimum absolute atomic E-state index is 0.118. The highest BCUT2D eigenvalue weighted by Gasteiger charge is 2.16. The van der Waals surface area contributed by atoms with Gasteiger partial charge < -0.3 is 5.73 Å². The minimum atomic E-state index is -0.655. The second kappa shape index (κ2) is 4.05. The van der Waals surface area contributed by atoms with Gasteiger partial charge in [0.1, 0.15) is 0 Å². The van der Waals surface area contributed by atoms with Crippen LogP contribution in [0, 0.1) is 10.1 Å². The summed E-state index contributed by atoms with van der Waals surface area (Å²) in [5, 5.41) is 17.1. The number of rotatable bonds is 3. The van der Waals surface area contributed by atoms with Crippen molar-refractivity contribution in [2.45, 2.75) is 0 Å². The number of hydrogen-bond acceptors (Lipinski definition) is 4. The largest absolute Gasteiger partial charge is 0.366 e. The topological polar surface area (TPSA) is 115 Å². The van der Waals surface area contributed by atoms with Crippen LogP contribution in [-0.2, 0) is 0 Å². The predicted molar refractivity (Wildman–Crippen MR) is 59.2 cm³/mol. The number of carbonyl (C=O) groups excluding carboxylic acids is 1. The van der Waals surface area contributed by atoms with Gasteiger partial charge in [-0.15, -0.1) is 0 Å². The third kappa shape index (κ3) is 1.98. The summed E-state index contributed by atoms with van der Waals surface area (Å²) in [5.41, 5.74) is 6.05. The van der Waals surface area contributed by atoms with E-state index in [1.54, 1.807) is 12.3 Å². The number of nitro groups is 1. The van der Waals surface area contributed by atoms with Crippen molar-refractivity contribution in [1.29, 1.82) is 0 Å². The zero-order valence-corrected chi connectivity index (χ0v) is 8.58. The third-order valence-electron chi connectivity index (χ3n) is 2.26. The first-order chi connectivity index (χ1) is 8.09. The highest BCUT2D eigenvalue weighted by molar-refractivity contribution is 5.99. The van der Waals surface area contributed by atoms with Crippen LogP contribution in [0.5, 0.6) is 0 Å². The molecule has 86 valence electrons. The number of nitrogens with zero attached hydrogens (tertiary/aromatic N) is 2. The monoisotopic (exact) mass is 232 g/mol. The smallest absolute Gasteiger partial charge is 0.270 e. The van der Waals surface area contributed by atoms with Gasteiger partial charge in [0.2, 0.25) is 5.91 Å². The lowest BCUT2D eigenvalue weighted by atomic mass is 10.0. The molecule has 1 aromatic carbocycles. The number of hydrogen-bond donors (Lipinski definition) is 2.